The molecule has 0 bridgehead atoms. The summed E-state index contributed by atoms with van der Waals surface area (Å²) in [4.78, 5) is 2.44. The molecule has 292 valence electrons. The Balaban J connectivity index is 1.13. The second kappa shape index (κ2) is 16.1. The minimum absolute atomic E-state index is 1.07. The Labute approximate surface area is 362 Å². The molecule has 0 saturated heterocycles. The minimum atomic E-state index is 1.07. The minimum Gasteiger partial charge on any atom is -0.310 e. The highest BCUT2D eigenvalue weighted by Gasteiger charge is 2.20. The zero-order valence-corrected chi connectivity index (χ0v) is 34.1. The summed E-state index contributed by atoms with van der Waals surface area (Å²) in [7, 11) is 0. The van der Waals surface area contributed by atoms with Gasteiger partial charge in [0.2, 0.25) is 0 Å². The summed E-state index contributed by atoms with van der Waals surface area (Å²) in [6, 6.07) is 92.3. The summed E-state index contributed by atoms with van der Waals surface area (Å²) >= 11 is 0. The third kappa shape index (κ3) is 7.04. The van der Waals surface area contributed by atoms with E-state index in [9.17, 15) is 0 Å². The number of para-hydroxylation sites is 2. The van der Waals surface area contributed by atoms with Crippen LogP contribution in [0.2, 0.25) is 0 Å². The van der Waals surface area contributed by atoms with Crippen LogP contribution in [0.4, 0.5) is 17.1 Å². The monoisotopic (exact) mass is 790 g/mol. The Morgan fingerprint density at radius 3 is 1.00 bits per heavy atom. The summed E-state index contributed by atoms with van der Waals surface area (Å²) in [5.74, 6) is 0. The van der Waals surface area contributed by atoms with Crippen molar-refractivity contribution in [3.63, 3.8) is 0 Å². The quantitative estimate of drug-likeness (QED) is 0.141. The molecule has 0 aliphatic rings. The Morgan fingerprint density at radius 2 is 0.565 bits per heavy atom. The summed E-state index contributed by atoms with van der Waals surface area (Å²) < 4.78 is 2.39. The Hall–Kier alpha value is -8.20. The average molecular weight is 791 g/mol. The zero-order valence-electron chi connectivity index (χ0n) is 34.1. The van der Waals surface area contributed by atoms with Crippen molar-refractivity contribution in [2.24, 2.45) is 0 Å². The van der Waals surface area contributed by atoms with E-state index in [0.717, 1.165) is 56.1 Å². The molecule has 2 heteroatoms. The van der Waals surface area contributed by atoms with Gasteiger partial charge in [0, 0.05) is 33.5 Å². The van der Waals surface area contributed by atoms with Gasteiger partial charge in [-0.25, -0.2) is 0 Å². The highest BCUT2D eigenvalue weighted by Crippen LogP contribution is 2.44. The number of hydrogen-bond acceptors (Lipinski definition) is 1. The largest absolute Gasteiger partial charge is 0.310 e. The van der Waals surface area contributed by atoms with Crippen molar-refractivity contribution in [1.29, 1.82) is 0 Å². The van der Waals surface area contributed by atoms with Gasteiger partial charge in [-0.15, -0.1) is 0 Å². The van der Waals surface area contributed by atoms with Gasteiger partial charge in [0.15, 0.2) is 0 Å². The van der Waals surface area contributed by atoms with Crippen LogP contribution in [0.5, 0.6) is 0 Å². The number of anilines is 3. The van der Waals surface area contributed by atoms with Gasteiger partial charge in [-0.05, 0) is 128 Å². The molecule has 11 rings (SSSR count). The molecule has 0 aliphatic heterocycles. The normalized spacial score (nSPS) is 11.2. The van der Waals surface area contributed by atoms with Gasteiger partial charge >= 0.3 is 0 Å². The van der Waals surface area contributed by atoms with E-state index in [1.165, 1.54) is 44.1 Å². The van der Waals surface area contributed by atoms with Crippen molar-refractivity contribution in [2.45, 2.75) is 0 Å². The molecule has 0 amide bonds. The summed E-state index contributed by atoms with van der Waals surface area (Å²) in [6.07, 6.45) is 0. The lowest BCUT2D eigenvalue weighted by Crippen LogP contribution is -2.11. The predicted molar refractivity (Wildman–Crippen MR) is 263 cm³/mol. The average Bonchev–Trinajstić information content (AvgIpc) is 3.69. The van der Waals surface area contributed by atoms with E-state index < -0.39 is 0 Å². The molecule has 11 aromatic rings. The second-order valence-electron chi connectivity index (χ2n) is 15.8. The lowest BCUT2D eigenvalue weighted by atomic mass is 9.95. The Bertz CT molecular complexity index is 3040. The summed E-state index contributed by atoms with van der Waals surface area (Å²) in [5.41, 5.74) is 18.4. The van der Waals surface area contributed by atoms with E-state index in [1.807, 2.05) is 0 Å². The first-order valence-electron chi connectivity index (χ1n) is 21.2. The number of aromatic nitrogens is 1. The number of nitrogens with zero attached hydrogens (tertiary/aromatic N) is 2. The smallest absolute Gasteiger partial charge is 0.0541 e. The fraction of sp³-hybridized carbons (Fsp3) is 0. The van der Waals surface area contributed by atoms with Crippen molar-refractivity contribution in [1.82, 2.24) is 4.57 Å². The molecule has 0 spiro atoms. The van der Waals surface area contributed by atoms with E-state index >= 15 is 0 Å². The third-order valence-electron chi connectivity index (χ3n) is 11.9. The van der Waals surface area contributed by atoms with Crippen LogP contribution in [0.15, 0.2) is 255 Å². The van der Waals surface area contributed by atoms with Crippen LogP contribution in [0.25, 0.3) is 83.1 Å². The molecule has 62 heavy (non-hydrogen) atoms. The van der Waals surface area contributed by atoms with Gasteiger partial charge in [-0.2, -0.15) is 0 Å². The van der Waals surface area contributed by atoms with Gasteiger partial charge in [0.25, 0.3) is 0 Å². The molecule has 1 heterocycles. The maximum absolute atomic E-state index is 2.44. The van der Waals surface area contributed by atoms with Crippen LogP contribution in [-0.4, -0.2) is 4.57 Å². The highest BCUT2D eigenvalue weighted by atomic mass is 15.1. The molecule has 0 radical (unpaired) electrons. The van der Waals surface area contributed by atoms with Crippen LogP contribution in [0, 0.1) is 0 Å². The molecule has 0 unspecified atom stereocenters. The molecule has 0 atom stereocenters. The van der Waals surface area contributed by atoms with Crippen molar-refractivity contribution in [2.75, 3.05) is 4.90 Å². The van der Waals surface area contributed by atoms with Gasteiger partial charge in [0.1, 0.15) is 0 Å². The Morgan fingerprint density at radius 1 is 0.226 bits per heavy atom. The van der Waals surface area contributed by atoms with E-state index in [2.05, 4.69) is 264 Å². The summed E-state index contributed by atoms with van der Waals surface area (Å²) in [5, 5.41) is 2.51. The molecular weight excluding hydrogens is 749 g/mol. The topological polar surface area (TPSA) is 8.17 Å². The first-order chi connectivity index (χ1) is 30.7. The molecule has 10 aromatic carbocycles. The van der Waals surface area contributed by atoms with Gasteiger partial charge < -0.3 is 9.47 Å². The van der Waals surface area contributed by atoms with Crippen molar-refractivity contribution in [3.05, 3.63) is 255 Å². The van der Waals surface area contributed by atoms with Crippen LogP contribution in [0.3, 0.4) is 0 Å². The lowest BCUT2D eigenvalue weighted by molar-refractivity contribution is 1.18. The number of fused-ring (bicyclic) bond motifs is 3. The SMILES string of the molecule is c1ccc(-c2cc(-c3ccccc3)cc(N(c3cccc(-c4cccc(-n5c6ccccc6c6ccccc65)c4)c3)c3cc(-c4ccccc4)cc(-c4ccccc4)c3)c2)cc1. The first kappa shape index (κ1) is 36.8. The van der Waals surface area contributed by atoms with Crippen molar-refractivity contribution >= 4 is 38.9 Å². The fourth-order valence-electron chi connectivity index (χ4n) is 8.97. The van der Waals surface area contributed by atoms with Crippen LogP contribution in [-0.2, 0) is 0 Å². The van der Waals surface area contributed by atoms with E-state index in [4.69, 9.17) is 0 Å². The van der Waals surface area contributed by atoms with Crippen molar-refractivity contribution in [3.8, 4) is 61.3 Å². The zero-order chi connectivity index (χ0) is 41.2. The molecule has 1 aromatic heterocycles. The number of rotatable bonds is 9. The van der Waals surface area contributed by atoms with Crippen LogP contribution in [0.1, 0.15) is 0 Å². The third-order valence-corrected chi connectivity index (χ3v) is 11.9. The van der Waals surface area contributed by atoms with E-state index in [-0.39, 0.29) is 0 Å². The highest BCUT2D eigenvalue weighted by molar-refractivity contribution is 6.09. The Kier molecular flexibility index (Phi) is 9.57. The maximum Gasteiger partial charge on any atom is 0.0541 e. The molecule has 0 saturated carbocycles. The van der Waals surface area contributed by atoms with E-state index in [1.54, 1.807) is 0 Å². The second-order valence-corrected chi connectivity index (χ2v) is 15.8. The summed E-state index contributed by atoms with van der Waals surface area (Å²) in [6.45, 7) is 0. The lowest BCUT2D eigenvalue weighted by Gasteiger charge is -2.28. The molecule has 0 fully saturated rings. The number of hydrogen-bond donors (Lipinski definition) is 0. The van der Waals surface area contributed by atoms with E-state index in [0.29, 0.717) is 0 Å². The molecule has 2 nitrogen and oxygen atoms in total. The standard InChI is InChI=1S/C60H42N2/c1-5-19-43(20-6-1)49-35-50(44-21-7-2-8-22-44)40-55(39-49)61(56-41-51(45-23-9-3-10-24-45)36-52(42-56)46-25-11-4-12-26-46)53-29-17-27-47(37-53)48-28-18-30-54(38-48)62-59-33-15-13-31-57(59)58-32-14-16-34-60(58)62/h1-42H. The number of benzene rings is 10. The first-order valence-corrected chi connectivity index (χ1v) is 21.2. The molecule has 0 N–H and O–H groups in total. The van der Waals surface area contributed by atoms with Crippen molar-refractivity contribution < 1.29 is 0 Å². The molecular formula is C60H42N2. The fourth-order valence-corrected chi connectivity index (χ4v) is 8.97. The van der Waals surface area contributed by atoms with Crippen LogP contribution >= 0.6 is 0 Å². The van der Waals surface area contributed by atoms with Gasteiger partial charge in [0.05, 0.1) is 11.0 Å². The predicted octanol–water partition coefficient (Wildman–Crippen LogP) is 16.6. The van der Waals surface area contributed by atoms with Gasteiger partial charge in [-0.1, -0.05) is 182 Å². The van der Waals surface area contributed by atoms with Gasteiger partial charge in [-0.3, -0.25) is 0 Å². The van der Waals surface area contributed by atoms with Crippen LogP contribution < -0.4 is 4.90 Å². The maximum atomic E-state index is 2.44. The molecule has 0 aliphatic carbocycles.